The number of ether oxygens (including phenoxy) is 1. The lowest BCUT2D eigenvalue weighted by molar-refractivity contribution is -0.386. The highest BCUT2D eigenvalue weighted by atomic mass is 79.9. The molecule has 1 aromatic heterocycles. The Morgan fingerprint density at radius 1 is 1.55 bits per heavy atom. The van der Waals surface area contributed by atoms with Gasteiger partial charge in [0.1, 0.15) is 12.4 Å². The summed E-state index contributed by atoms with van der Waals surface area (Å²) in [5.41, 5.74) is -0.323. The van der Waals surface area contributed by atoms with Crippen molar-refractivity contribution in [2.45, 2.75) is 6.61 Å². The van der Waals surface area contributed by atoms with Crippen molar-refractivity contribution in [3.05, 3.63) is 37.5 Å². The smallest absolute Gasteiger partial charge is 0.312 e. The van der Waals surface area contributed by atoms with Gasteiger partial charge in [-0.15, -0.1) is 10.2 Å². The predicted molar refractivity (Wildman–Crippen MR) is 74.5 cm³/mol. The zero-order chi connectivity index (χ0) is 14.7. The number of aromatic nitrogens is 2. The third-order valence-electron chi connectivity index (χ3n) is 2.23. The minimum atomic E-state index is -0.640. The number of rotatable bonds is 5. The van der Waals surface area contributed by atoms with E-state index in [4.69, 9.17) is 4.74 Å². The van der Waals surface area contributed by atoms with Crippen molar-refractivity contribution in [1.29, 1.82) is 0 Å². The maximum atomic E-state index is 13.4. The highest BCUT2D eigenvalue weighted by Gasteiger charge is 2.19. The van der Waals surface area contributed by atoms with Crippen LogP contribution in [0.5, 0.6) is 5.75 Å². The summed E-state index contributed by atoms with van der Waals surface area (Å²) in [4.78, 5) is 10.3. The summed E-state index contributed by atoms with van der Waals surface area (Å²) in [7, 11) is 1.69. The standard InChI is InChI=1S/C10H8BrFN4O3S/c1-13-10-15-14-9(20-10)4-19-8-3-6(12)5(11)2-7(8)16(17)18/h2-3H,4H2,1H3,(H,13,15). The molecule has 0 aliphatic heterocycles. The molecule has 0 radical (unpaired) electrons. The normalized spacial score (nSPS) is 10.3. The fourth-order valence-electron chi connectivity index (χ4n) is 1.33. The average Bonchev–Trinajstić information content (AvgIpc) is 2.87. The molecule has 0 bridgehead atoms. The summed E-state index contributed by atoms with van der Waals surface area (Å²) in [6.45, 7) is -0.0265. The van der Waals surface area contributed by atoms with E-state index in [0.29, 0.717) is 10.1 Å². The molecular weight excluding hydrogens is 355 g/mol. The average molecular weight is 363 g/mol. The zero-order valence-electron chi connectivity index (χ0n) is 10.1. The SMILES string of the molecule is CNc1nnc(COc2cc(F)c(Br)cc2[N+](=O)[O-])s1. The number of hydrogen-bond donors (Lipinski definition) is 1. The van der Waals surface area contributed by atoms with E-state index in [1.165, 1.54) is 11.3 Å². The first-order chi connectivity index (χ1) is 9.51. The van der Waals surface area contributed by atoms with E-state index in [9.17, 15) is 14.5 Å². The van der Waals surface area contributed by atoms with Crippen LogP contribution >= 0.6 is 27.3 Å². The van der Waals surface area contributed by atoms with E-state index in [0.717, 1.165) is 12.1 Å². The van der Waals surface area contributed by atoms with Gasteiger partial charge in [-0.1, -0.05) is 11.3 Å². The summed E-state index contributed by atoms with van der Waals surface area (Å²) in [5.74, 6) is -0.796. The van der Waals surface area contributed by atoms with Crippen LogP contribution in [0, 0.1) is 15.9 Å². The maximum absolute atomic E-state index is 13.4. The van der Waals surface area contributed by atoms with Crippen molar-refractivity contribution in [1.82, 2.24) is 10.2 Å². The molecule has 0 atom stereocenters. The Labute approximate surface area is 125 Å². The quantitative estimate of drug-likeness (QED) is 0.649. The first-order valence-electron chi connectivity index (χ1n) is 5.27. The molecule has 1 heterocycles. The van der Waals surface area contributed by atoms with Gasteiger partial charge in [-0.25, -0.2) is 4.39 Å². The minimum absolute atomic E-state index is 0.00457. The lowest BCUT2D eigenvalue weighted by Gasteiger charge is -2.05. The van der Waals surface area contributed by atoms with Crippen LogP contribution in [0.1, 0.15) is 5.01 Å². The molecule has 10 heteroatoms. The van der Waals surface area contributed by atoms with Crippen LogP contribution in [0.4, 0.5) is 15.2 Å². The molecule has 106 valence electrons. The second-order valence-corrected chi connectivity index (χ2v) is 5.45. The molecule has 2 rings (SSSR count). The molecule has 0 fully saturated rings. The summed E-state index contributed by atoms with van der Waals surface area (Å²) >= 11 is 4.14. The highest BCUT2D eigenvalue weighted by Crippen LogP contribution is 2.33. The molecule has 20 heavy (non-hydrogen) atoms. The van der Waals surface area contributed by atoms with Crippen molar-refractivity contribution in [2.24, 2.45) is 0 Å². The zero-order valence-corrected chi connectivity index (χ0v) is 12.5. The monoisotopic (exact) mass is 362 g/mol. The second kappa shape index (κ2) is 6.09. The van der Waals surface area contributed by atoms with Crippen molar-refractivity contribution >= 4 is 38.1 Å². The predicted octanol–water partition coefficient (Wildman–Crippen LogP) is 2.97. The lowest BCUT2D eigenvalue weighted by atomic mass is 10.3. The van der Waals surface area contributed by atoms with E-state index in [1.54, 1.807) is 7.05 Å². The van der Waals surface area contributed by atoms with Gasteiger partial charge in [0.15, 0.2) is 5.01 Å². The molecule has 2 aromatic rings. The van der Waals surface area contributed by atoms with Crippen LogP contribution in [-0.2, 0) is 6.61 Å². The Morgan fingerprint density at radius 2 is 2.30 bits per heavy atom. The Hall–Kier alpha value is -1.81. The van der Waals surface area contributed by atoms with Crippen molar-refractivity contribution in [3.8, 4) is 5.75 Å². The van der Waals surface area contributed by atoms with Gasteiger partial charge in [0, 0.05) is 19.2 Å². The Bertz CT molecular complexity index is 651. The summed E-state index contributed by atoms with van der Waals surface area (Å²) in [6, 6.07) is 2.02. The van der Waals surface area contributed by atoms with Crippen LogP contribution in [0.15, 0.2) is 16.6 Å². The highest BCUT2D eigenvalue weighted by molar-refractivity contribution is 9.10. The fourth-order valence-corrected chi connectivity index (χ4v) is 2.27. The first-order valence-corrected chi connectivity index (χ1v) is 6.88. The van der Waals surface area contributed by atoms with Crippen molar-refractivity contribution in [3.63, 3.8) is 0 Å². The lowest BCUT2D eigenvalue weighted by Crippen LogP contribution is -2.00. The molecular formula is C10H8BrFN4O3S. The third kappa shape index (κ3) is 3.20. The minimum Gasteiger partial charge on any atom is -0.479 e. The van der Waals surface area contributed by atoms with E-state index in [-0.39, 0.29) is 22.5 Å². The van der Waals surface area contributed by atoms with E-state index >= 15 is 0 Å². The van der Waals surface area contributed by atoms with E-state index < -0.39 is 10.7 Å². The van der Waals surface area contributed by atoms with Crippen LogP contribution in [0.2, 0.25) is 0 Å². The van der Waals surface area contributed by atoms with Crippen LogP contribution in [0.25, 0.3) is 0 Å². The van der Waals surface area contributed by atoms with Gasteiger partial charge in [0.2, 0.25) is 10.9 Å². The molecule has 7 nitrogen and oxygen atoms in total. The van der Waals surface area contributed by atoms with Gasteiger partial charge in [-0.3, -0.25) is 10.1 Å². The van der Waals surface area contributed by atoms with Gasteiger partial charge in [0.25, 0.3) is 0 Å². The number of nitrogens with zero attached hydrogens (tertiary/aromatic N) is 3. The molecule has 0 saturated heterocycles. The van der Waals surface area contributed by atoms with Gasteiger partial charge in [0.05, 0.1) is 9.40 Å². The third-order valence-corrected chi connectivity index (χ3v) is 3.75. The largest absolute Gasteiger partial charge is 0.479 e. The summed E-state index contributed by atoms with van der Waals surface area (Å²) in [5, 5.41) is 22.4. The molecule has 0 spiro atoms. The van der Waals surface area contributed by atoms with Crippen LogP contribution < -0.4 is 10.1 Å². The number of benzene rings is 1. The topological polar surface area (TPSA) is 90.2 Å². The number of nitro benzene ring substituents is 1. The molecule has 0 aliphatic rings. The van der Waals surface area contributed by atoms with Gasteiger partial charge < -0.3 is 10.1 Å². The summed E-state index contributed by atoms with van der Waals surface area (Å²) < 4.78 is 18.7. The number of hydrogen-bond acceptors (Lipinski definition) is 7. The van der Waals surface area contributed by atoms with Gasteiger partial charge in [-0.2, -0.15) is 0 Å². The summed E-state index contributed by atoms with van der Waals surface area (Å²) in [6.07, 6.45) is 0. The number of nitrogens with one attached hydrogen (secondary N) is 1. The van der Waals surface area contributed by atoms with Crippen molar-refractivity contribution in [2.75, 3.05) is 12.4 Å². The Morgan fingerprint density at radius 3 is 2.90 bits per heavy atom. The van der Waals surface area contributed by atoms with Gasteiger partial charge >= 0.3 is 5.69 Å². The van der Waals surface area contributed by atoms with Gasteiger partial charge in [-0.05, 0) is 15.9 Å². The second-order valence-electron chi connectivity index (χ2n) is 3.53. The van der Waals surface area contributed by atoms with Crippen molar-refractivity contribution < 1.29 is 14.1 Å². The fraction of sp³-hybridized carbons (Fsp3) is 0.200. The maximum Gasteiger partial charge on any atom is 0.312 e. The number of halogens is 2. The first kappa shape index (κ1) is 14.6. The van der Waals surface area contributed by atoms with E-state index in [2.05, 4.69) is 31.4 Å². The molecule has 0 aliphatic carbocycles. The molecule has 0 unspecified atom stereocenters. The Kier molecular flexibility index (Phi) is 4.45. The molecule has 1 N–H and O–H groups in total. The van der Waals surface area contributed by atoms with E-state index in [1.807, 2.05) is 0 Å². The molecule has 0 amide bonds. The number of anilines is 1. The number of nitro groups is 1. The van der Waals surface area contributed by atoms with Crippen LogP contribution in [0.3, 0.4) is 0 Å². The molecule has 1 aromatic carbocycles. The Balaban J connectivity index is 2.20. The molecule has 0 saturated carbocycles. The van der Waals surface area contributed by atoms with Crippen LogP contribution in [-0.4, -0.2) is 22.2 Å².